The fraction of sp³-hybridized carbons (Fsp3) is 0.538. The van der Waals surface area contributed by atoms with Crippen molar-refractivity contribution in [2.45, 2.75) is 18.9 Å². The molecule has 1 aromatic carbocycles. The Hall–Kier alpha value is -0.870. The summed E-state index contributed by atoms with van der Waals surface area (Å²) in [5.41, 5.74) is 6.79. The molecule has 0 aromatic heterocycles. The minimum atomic E-state index is 0.346. The van der Waals surface area contributed by atoms with Gasteiger partial charge in [-0.3, -0.25) is 0 Å². The minimum Gasteiger partial charge on any atom is -0.493 e. The van der Waals surface area contributed by atoms with E-state index in [-0.39, 0.29) is 0 Å². The zero-order chi connectivity index (χ0) is 12.1. The summed E-state index contributed by atoms with van der Waals surface area (Å²) < 4.78 is 11.2. The summed E-state index contributed by atoms with van der Waals surface area (Å²) in [5, 5.41) is 0. The molecule has 2 N–H and O–H groups in total. The van der Waals surface area contributed by atoms with Crippen LogP contribution in [0.3, 0.4) is 0 Å². The summed E-state index contributed by atoms with van der Waals surface area (Å²) in [6.07, 6.45) is 2.35. The summed E-state index contributed by atoms with van der Waals surface area (Å²) in [5.74, 6) is 3.84. The Labute approximate surface area is 107 Å². The fourth-order valence-corrected chi connectivity index (χ4v) is 2.30. The Morgan fingerprint density at radius 2 is 2.18 bits per heavy atom. The van der Waals surface area contributed by atoms with Gasteiger partial charge in [-0.2, -0.15) is 11.8 Å². The van der Waals surface area contributed by atoms with Gasteiger partial charge in [0, 0.05) is 11.5 Å². The van der Waals surface area contributed by atoms with Crippen molar-refractivity contribution in [2.75, 3.05) is 25.2 Å². The molecule has 1 aliphatic heterocycles. The van der Waals surface area contributed by atoms with E-state index in [1.165, 1.54) is 5.56 Å². The molecule has 1 saturated heterocycles. The lowest BCUT2D eigenvalue weighted by Crippen LogP contribution is -2.31. The topological polar surface area (TPSA) is 44.5 Å². The van der Waals surface area contributed by atoms with E-state index in [1.54, 1.807) is 7.11 Å². The number of nitrogens with two attached hydrogens (primary N) is 1. The monoisotopic (exact) mass is 253 g/mol. The van der Waals surface area contributed by atoms with E-state index in [4.69, 9.17) is 15.2 Å². The largest absolute Gasteiger partial charge is 0.493 e. The van der Waals surface area contributed by atoms with Gasteiger partial charge in [-0.25, -0.2) is 0 Å². The highest BCUT2D eigenvalue weighted by Crippen LogP contribution is 2.32. The average molecular weight is 253 g/mol. The maximum atomic E-state index is 5.92. The highest BCUT2D eigenvalue weighted by atomic mass is 32.2. The number of benzene rings is 1. The van der Waals surface area contributed by atoms with Crippen LogP contribution in [0.25, 0.3) is 0 Å². The van der Waals surface area contributed by atoms with E-state index in [1.807, 2.05) is 17.8 Å². The number of thioether (sulfide) groups is 1. The molecule has 4 heteroatoms. The number of ether oxygens (including phenoxy) is 2. The van der Waals surface area contributed by atoms with E-state index >= 15 is 0 Å². The van der Waals surface area contributed by atoms with Crippen LogP contribution >= 0.6 is 11.8 Å². The van der Waals surface area contributed by atoms with Crippen LogP contribution in [0.1, 0.15) is 12.0 Å². The normalized spacial score (nSPS) is 15.4. The molecule has 94 valence electrons. The maximum absolute atomic E-state index is 5.92. The highest BCUT2D eigenvalue weighted by molar-refractivity contribution is 8.00. The van der Waals surface area contributed by atoms with Gasteiger partial charge < -0.3 is 15.2 Å². The molecule has 0 saturated carbocycles. The van der Waals surface area contributed by atoms with Crippen LogP contribution in [-0.2, 0) is 6.42 Å². The van der Waals surface area contributed by atoms with Gasteiger partial charge in [0.2, 0.25) is 0 Å². The molecule has 0 amide bonds. The summed E-state index contributed by atoms with van der Waals surface area (Å²) in [4.78, 5) is 0. The zero-order valence-corrected chi connectivity index (χ0v) is 11.0. The van der Waals surface area contributed by atoms with E-state index in [0.717, 1.165) is 42.4 Å². The second-order valence-electron chi connectivity index (χ2n) is 4.15. The average Bonchev–Trinajstić information content (AvgIpc) is 2.31. The third-order valence-corrected chi connectivity index (χ3v) is 4.01. The van der Waals surface area contributed by atoms with Gasteiger partial charge >= 0.3 is 0 Å². The smallest absolute Gasteiger partial charge is 0.161 e. The number of hydrogen-bond acceptors (Lipinski definition) is 4. The molecule has 3 nitrogen and oxygen atoms in total. The van der Waals surface area contributed by atoms with Gasteiger partial charge in [-0.1, -0.05) is 6.07 Å². The fourth-order valence-electron chi connectivity index (χ4n) is 1.74. The first-order chi connectivity index (χ1) is 8.33. The van der Waals surface area contributed by atoms with E-state index in [0.29, 0.717) is 6.10 Å². The molecule has 1 aromatic rings. The van der Waals surface area contributed by atoms with Crippen LogP contribution in [0.4, 0.5) is 0 Å². The van der Waals surface area contributed by atoms with Crippen LogP contribution in [0, 0.1) is 0 Å². The minimum absolute atomic E-state index is 0.346. The molecule has 0 spiro atoms. The molecule has 0 unspecified atom stereocenters. The van der Waals surface area contributed by atoms with Gasteiger partial charge in [-0.05, 0) is 37.1 Å². The zero-order valence-electron chi connectivity index (χ0n) is 10.1. The first-order valence-corrected chi connectivity index (χ1v) is 7.10. The Morgan fingerprint density at radius 3 is 2.76 bits per heavy atom. The van der Waals surface area contributed by atoms with Crippen molar-refractivity contribution in [1.29, 1.82) is 0 Å². The van der Waals surface area contributed by atoms with Crippen molar-refractivity contribution in [3.05, 3.63) is 23.8 Å². The maximum Gasteiger partial charge on any atom is 0.161 e. The van der Waals surface area contributed by atoms with Crippen LogP contribution in [0.5, 0.6) is 11.5 Å². The Bertz CT molecular complexity index is 366. The first kappa shape index (κ1) is 12.6. The van der Waals surface area contributed by atoms with Crippen LogP contribution in [-0.4, -0.2) is 31.3 Å². The number of methoxy groups -OCH3 is 1. The third-order valence-electron chi connectivity index (χ3n) is 2.80. The van der Waals surface area contributed by atoms with Gasteiger partial charge in [0.15, 0.2) is 11.5 Å². The second-order valence-corrected chi connectivity index (χ2v) is 5.23. The Kier molecular flexibility index (Phi) is 4.57. The van der Waals surface area contributed by atoms with Crippen molar-refractivity contribution in [2.24, 2.45) is 5.73 Å². The Morgan fingerprint density at radius 1 is 1.35 bits per heavy atom. The standard InChI is InChI=1S/C13H19NO2S/c1-15-12-5-4-10(3-2-6-14)7-13(12)16-11-8-17-9-11/h4-5,7,11H,2-3,6,8-9,14H2,1H3. The molecule has 1 fully saturated rings. The molecule has 0 bridgehead atoms. The molecule has 0 atom stereocenters. The van der Waals surface area contributed by atoms with Crippen molar-refractivity contribution in [1.82, 2.24) is 0 Å². The SMILES string of the molecule is COc1ccc(CCCN)cc1OC1CSC1. The van der Waals surface area contributed by atoms with Crippen LogP contribution in [0.15, 0.2) is 18.2 Å². The van der Waals surface area contributed by atoms with Crippen molar-refractivity contribution in [3.63, 3.8) is 0 Å². The number of aryl methyl sites for hydroxylation is 1. The quantitative estimate of drug-likeness (QED) is 0.843. The highest BCUT2D eigenvalue weighted by Gasteiger charge is 2.21. The lowest BCUT2D eigenvalue weighted by atomic mass is 10.1. The Balaban J connectivity index is 2.07. The van der Waals surface area contributed by atoms with Crippen molar-refractivity contribution < 1.29 is 9.47 Å². The molecule has 1 aliphatic rings. The van der Waals surface area contributed by atoms with E-state index in [2.05, 4.69) is 12.1 Å². The molecule has 0 radical (unpaired) electrons. The van der Waals surface area contributed by atoms with Gasteiger partial charge in [0.25, 0.3) is 0 Å². The summed E-state index contributed by atoms with van der Waals surface area (Å²) in [6.45, 7) is 0.724. The second kappa shape index (κ2) is 6.17. The predicted octanol–water partition coefficient (Wildman–Crippen LogP) is 2.08. The first-order valence-electron chi connectivity index (χ1n) is 5.95. The molecular formula is C13H19NO2S. The predicted molar refractivity (Wildman–Crippen MR) is 72.1 cm³/mol. The van der Waals surface area contributed by atoms with Crippen molar-refractivity contribution in [3.8, 4) is 11.5 Å². The molecule has 17 heavy (non-hydrogen) atoms. The number of rotatable bonds is 6. The summed E-state index contributed by atoms with van der Waals surface area (Å²) in [6, 6.07) is 6.14. The van der Waals surface area contributed by atoms with E-state index in [9.17, 15) is 0 Å². The van der Waals surface area contributed by atoms with Gasteiger partial charge in [-0.15, -0.1) is 0 Å². The summed E-state index contributed by atoms with van der Waals surface area (Å²) >= 11 is 1.91. The number of hydrogen-bond donors (Lipinski definition) is 1. The third kappa shape index (κ3) is 3.30. The lowest BCUT2D eigenvalue weighted by molar-refractivity contribution is 0.228. The molecular weight excluding hydrogens is 234 g/mol. The van der Waals surface area contributed by atoms with E-state index < -0.39 is 0 Å². The van der Waals surface area contributed by atoms with Crippen molar-refractivity contribution >= 4 is 11.8 Å². The van der Waals surface area contributed by atoms with Crippen LogP contribution < -0.4 is 15.2 Å². The van der Waals surface area contributed by atoms with Gasteiger partial charge in [0.05, 0.1) is 7.11 Å². The van der Waals surface area contributed by atoms with Crippen LogP contribution in [0.2, 0.25) is 0 Å². The molecule has 1 heterocycles. The lowest BCUT2D eigenvalue weighted by Gasteiger charge is -2.26. The molecule has 0 aliphatic carbocycles. The van der Waals surface area contributed by atoms with Gasteiger partial charge in [0.1, 0.15) is 6.10 Å². The molecule has 2 rings (SSSR count). The summed E-state index contributed by atoms with van der Waals surface area (Å²) in [7, 11) is 1.68.